The molecule has 0 bridgehead atoms. The molecule has 0 fully saturated rings. The van der Waals surface area contributed by atoms with Gasteiger partial charge < -0.3 is 0 Å². The molecule has 0 aromatic carbocycles. The lowest BCUT2D eigenvalue weighted by Crippen LogP contribution is -2.46. The molecule has 0 aromatic rings. The fourth-order valence-electron chi connectivity index (χ4n) is 4.86. The normalized spacial score (nSPS) is 11.1. The molecule has 0 aromatic heterocycles. The van der Waals surface area contributed by atoms with Crippen molar-refractivity contribution in [3.63, 3.8) is 0 Å². The summed E-state index contributed by atoms with van der Waals surface area (Å²) in [7, 11) is 8.78. The molecular formula is C29H62N3+. The minimum Gasteiger partial charge on any atom is -0.270 e. The Morgan fingerprint density at radius 1 is 0.469 bits per heavy atom. The summed E-state index contributed by atoms with van der Waals surface area (Å²) in [4.78, 5) is 4.95. The Kier molecular flexibility index (Phi) is 22.9. The predicted molar refractivity (Wildman–Crippen MR) is 146 cm³/mol. The second-order valence-electron chi connectivity index (χ2n) is 10.4. The van der Waals surface area contributed by atoms with Crippen LogP contribution in [-0.4, -0.2) is 61.6 Å². The summed E-state index contributed by atoms with van der Waals surface area (Å²) in [6, 6.07) is 0. The van der Waals surface area contributed by atoms with Crippen LogP contribution < -0.4 is 0 Å². The Balaban J connectivity index is 4.07. The van der Waals surface area contributed by atoms with Gasteiger partial charge in [-0.3, -0.25) is 14.4 Å². The highest BCUT2D eigenvalue weighted by molar-refractivity contribution is 5.74. The molecule has 0 aliphatic heterocycles. The van der Waals surface area contributed by atoms with Crippen molar-refractivity contribution >= 4 is 5.96 Å². The van der Waals surface area contributed by atoms with Gasteiger partial charge in [0, 0.05) is 0 Å². The van der Waals surface area contributed by atoms with Crippen LogP contribution in [0.15, 0.2) is 0 Å². The van der Waals surface area contributed by atoms with Crippen LogP contribution >= 0.6 is 0 Å². The number of unbranched alkanes of at least 4 members (excludes halogenated alkanes) is 18. The van der Waals surface area contributed by atoms with Crippen molar-refractivity contribution in [3.05, 3.63) is 0 Å². The van der Waals surface area contributed by atoms with E-state index in [1.807, 2.05) is 0 Å². The Bertz CT molecular complexity index is 389. The van der Waals surface area contributed by atoms with Gasteiger partial charge in [0.1, 0.15) is 0 Å². The topological polar surface area (TPSA) is 9.49 Å². The maximum Gasteiger partial charge on any atom is 0.349 e. The van der Waals surface area contributed by atoms with Crippen molar-refractivity contribution in [2.75, 3.05) is 41.3 Å². The Morgan fingerprint density at radius 2 is 0.750 bits per heavy atom. The molecule has 32 heavy (non-hydrogen) atoms. The molecular weight excluding hydrogens is 390 g/mol. The van der Waals surface area contributed by atoms with E-state index in [4.69, 9.17) is 0 Å². The van der Waals surface area contributed by atoms with Gasteiger partial charge in [0.2, 0.25) is 0 Å². The molecule has 0 heterocycles. The summed E-state index contributed by atoms with van der Waals surface area (Å²) in [6.45, 7) is 7.02. The second-order valence-corrected chi connectivity index (χ2v) is 10.4. The van der Waals surface area contributed by atoms with Crippen LogP contribution in [0.25, 0.3) is 0 Å². The predicted octanol–water partition coefficient (Wildman–Crippen LogP) is 8.32. The van der Waals surface area contributed by atoms with Crippen molar-refractivity contribution in [3.8, 4) is 0 Å². The quantitative estimate of drug-likeness (QED) is 0.0706. The second kappa shape index (κ2) is 23.4. The van der Waals surface area contributed by atoms with Crippen LogP contribution in [0.1, 0.15) is 142 Å². The van der Waals surface area contributed by atoms with E-state index in [0.717, 1.165) is 0 Å². The van der Waals surface area contributed by atoms with Crippen LogP contribution in [-0.2, 0) is 0 Å². The van der Waals surface area contributed by atoms with Gasteiger partial charge in [-0.05, 0) is 12.8 Å². The molecule has 0 saturated heterocycles. The fraction of sp³-hybridized carbons (Fsp3) is 0.966. The minimum atomic E-state index is 1.21. The third kappa shape index (κ3) is 18.8. The van der Waals surface area contributed by atoms with Gasteiger partial charge in [0.15, 0.2) is 0 Å². The zero-order valence-electron chi connectivity index (χ0n) is 23.4. The van der Waals surface area contributed by atoms with E-state index in [1.54, 1.807) is 0 Å². The fourth-order valence-corrected chi connectivity index (χ4v) is 4.86. The smallest absolute Gasteiger partial charge is 0.270 e. The van der Waals surface area contributed by atoms with Crippen molar-refractivity contribution in [2.24, 2.45) is 0 Å². The molecule has 0 unspecified atom stereocenters. The summed E-state index contributed by atoms with van der Waals surface area (Å²) in [5.74, 6) is 1.37. The van der Waals surface area contributed by atoms with Gasteiger partial charge in [-0.15, -0.1) is 0 Å². The van der Waals surface area contributed by atoms with Crippen molar-refractivity contribution < 1.29 is 4.58 Å². The zero-order chi connectivity index (χ0) is 23.9. The average Bonchev–Trinajstić information content (AvgIpc) is 2.75. The molecule has 3 nitrogen and oxygen atoms in total. The molecule has 3 heteroatoms. The van der Waals surface area contributed by atoms with Gasteiger partial charge in [-0.1, -0.05) is 129 Å². The van der Waals surface area contributed by atoms with Crippen molar-refractivity contribution in [1.82, 2.24) is 9.80 Å². The number of hydrogen-bond acceptors (Lipinski definition) is 0. The molecule has 0 saturated carbocycles. The third-order valence-electron chi connectivity index (χ3n) is 6.65. The minimum absolute atomic E-state index is 1.21. The van der Waals surface area contributed by atoms with Gasteiger partial charge >= 0.3 is 5.96 Å². The molecule has 0 aliphatic rings. The van der Waals surface area contributed by atoms with Crippen LogP contribution in [0.3, 0.4) is 0 Å². The molecule has 0 amide bonds. The molecule has 0 spiro atoms. The highest BCUT2D eigenvalue weighted by Crippen LogP contribution is 2.13. The molecule has 0 atom stereocenters. The van der Waals surface area contributed by atoms with Crippen molar-refractivity contribution in [1.29, 1.82) is 0 Å². The largest absolute Gasteiger partial charge is 0.349 e. The Labute approximate surface area is 204 Å². The van der Waals surface area contributed by atoms with E-state index in [2.05, 4.69) is 56.4 Å². The van der Waals surface area contributed by atoms with Gasteiger partial charge in [0.25, 0.3) is 0 Å². The van der Waals surface area contributed by atoms with E-state index in [-0.39, 0.29) is 0 Å². The lowest BCUT2D eigenvalue weighted by Gasteiger charge is -2.25. The summed E-state index contributed by atoms with van der Waals surface area (Å²) >= 11 is 0. The summed E-state index contributed by atoms with van der Waals surface area (Å²) in [6.07, 6.45) is 28.3. The highest BCUT2D eigenvalue weighted by Gasteiger charge is 2.21. The van der Waals surface area contributed by atoms with Gasteiger partial charge in [-0.25, -0.2) is 0 Å². The monoisotopic (exact) mass is 452 g/mol. The van der Waals surface area contributed by atoms with Crippen LogP contribution in [0, 0.1) is 0 Å². The number of guanidine groups is 1. The first-order valence-electron chi connectivity index (χ1n) is 14.5. The first-order chi connectivity index (χ1) is 15.5. The number of hydrogen-bond donors (Lipinski definition) is 0. The summed E-state index contributed by atoms with van der Waals surface area (Å²) in [5.41, 5.74) is 0. The highest BCUT2D eigenvalue weighted by atomic mass is 15.4. The zero-order valence-corrected chi connectivity index (χ0v) is 23.4. The molecule has 0 aliphatic carbocycles. The maximum absolute atomic E-state index is 2.65. The van der Waals surface area contributed by atoms with E-state index in [1.165, 1.54) is 147 Å². The van der Waals surface area contributed by atoms with Gasteiger partial charge in [-0.2, -0.15) is 0 Å². The first kappa shape index (κ1) is 31.3. The molecule has 0 rings (SSSR count). The van der Waals surface area contributed by atoms with Crippen LogP contribution in [0.4, 0.5) is 0 Å². The van der Waals surface area contributed by atoms with E-state index in [0.29, 0.717) is 0 Å². The van der Waals surface area contributed by atoms with Gasteiger partial charge in [0.05, 0.1) is 41.3 Å². The number of rotatable bonds is 22. The standard InChI is InChI=1S/C29H62N3/c1-7-9-11-13-15-17-19-21-23-25-27-32(29(30(3)4)31(5)6)28-26-24-22-20-18-16-14-12-10-8-2/h7-28H2,1-6H3/q+1. The maximum atomic E-state index is 2.65. The van der Waals surface area contributed by atoms with E-state index < -0.39 is 0 Å². The average molecular weight is 453 g/mol. The van der Waals surface area contributed by atoms with Crippen molar-refractivity contribution in [2.45, 2.75) is 142 Å². The van der Waals surface area contributed by atoms with E-state index >= 15 is 0 Å². The molecule has 0 N–H and O–H groups in total. The summed E-state index contributed by atoms with van der Waals surface area (Å²) in [5, 5.41) is 0. The lowest BCUT2D eigenvalue weighted by atomic mass is 10.1. The lowest BCUT2D eigenvalue weighted by molar-refractivity contribution is -0.476. The molecule has 192 valence electrons. The molecule has 0 radical (unpaired) electrons. The summed E-state index contributed by atoms with van der Waals surface area (Å²) < 4.78 is 2.30. The SMILES string of the molecule is CCCCCCCCCCCCN(CCCCCCCCCCCC)C(N(C)C)=[N+](C)C. The first-order valence-corrected chi connectivity index (χ1v) is 14.5. The van der Waals surface area contributed by atoms with Crippen LogP contribution in [0.2, 0.25) is 0 Å². The van der Waals surface area contributed by atoms with E-state index in [9.17, 15) is 0 Å². The Morgan fingerprint density at radius 3 is 1.00 bits per heavy atom. The van der Waals surface area contributed by atoms with Crippen LogP contribution in [0.5, 0.6) is 0 Å². The third-order valence-corrected chi connectivity index (χ3v) is 6.65. The number of nitrogens with zero attached hydrogens (tertiary/aromatic N) is 3. The Hall–Kier alpha value is -0.730.